The third kappa shape index (κ3) is 3.31. The fourth-order valence-corrected chi connectivity index (χ4v) is 2.08. The molecule has 0 unspecified atom stereocenters. The monoisotopic (exact) mass is 295 g/mol. The van der Waals surface area contributed by atoms with E-state index >= 15 is 0 Å². The molecule has 0 radical (unpaired) electrons. The zero-order chi connectivity index (χ0) is 14.5. The summed E-state index contributed by atoms with van der Waals surface area (Å²) in [6, 6.07) is 4.60. The van der Waals surface area contributed by atoms with Crippen LogP contribution >= 0.6 is 11.6 Å². The van der Waals surface area contributed by atoms with Crippen molar-refractivity contribution in [3.8, 4) is 0 Å². The SMILES string of the molecule is NCCCc1cn(Cc2c(Cl)cccc2[N+](=O)[O-])nn1. The van der Waals surface area contributed by atoms with Crippen LogP contribution in [-0.4, -0.2) is 26.5 Å². The molecular formula is C12H14ClN5O2. The molecular weight excluding hydrogens is 282 g/mol. The molecule has 0 fully saturated rings. The highest BCUT2D eigenvalue weighted by atomic mass is 35.5. The Labute approximate surface area is 120 Å². The number of nitro benzene ring substituents is 1. The van der Waals surface area contributed by atoms with Crippen molar-refractivity contribution in [2.24, 2.45) is 5.73 Å². The van der Waals surface area contributed by atoms with Gasteiger partial charge < -0.3 is 5.73 Å². The second-order valence-corrected chi connectivity index (χ2v) is 4.70. The van der Waals surface area contributed by atoms with Crippen molar-refractivity contribution in [1.82, 2.24) is 15.0 Å². The van der Waals surface area contributed by atoms with Crippen LogP contribution in [0.15, 0.2) is 24.4 Å². The number of halogens is 1. The zero-order valence-electron chi connectivity index (χ0n) is 10.7. The lowest BCUT2D eigenvalue weighted by molar-refractivity contribution is -0.385. The number of hydrogen-bond donors (Lipinski definition) is 1. The van der Waals surface area contributed by atoms with E-state index in [0.29, 0.717) is 17.1 Å². The van der Waals surface area contributed by atoms with E-state index in [0.717, 1.165) is 18.5 Å². The van der Waals surface area contributed by atoms with Crippen LogP contribution in [0.5, 0.6) is 0 Å². The molecule has 1 aromatic heterocycles. The van der Waals surface area contributed by atoms with Crippen LogP contribution in [0.3, 0.4) is 0 Å². The summed E-state index contributed by atoms with van der Waals surface area (Å²) >= 11 is 6.03. The lowest BCUT2D eigenvalue weighted by Crippen LogP contribution is -2.04. The molecule has 0 atom stereocenters. The number of hydrogen-bond acceptors (Lipinski definition) is 5. The van der Waals surface area contributed by atoms with Gasteiger partial charge in [0, 0.05) is 12.3 Å². The van der Waals surface area contributed by atoms with Crippen LogP contribution in [0, 0.1) is 10.1 Å². The van der Waals surface area contributed by atoms with Crippen LogP contribution < -0.4 is 5.73 Å². The summed E-state index contributed by atoms with van der Waals surface area (Å²) in [6.45, 7) is 0.800. The lowest BCUT2D eigenvalue weighted by Gasteiger charge is -2.04. The van der Waals surface area contributed by atoms with Gasteiger partial charge in [-0.15, -0.1) is 5.10 Å². The fourth-order valence-electron chi connectivity index (χ4n) is 1.85. The largest absolute Gasteiger partial charge is 0.330 e. The van der Waals surface area contributed by atoms with Crippen molar-refractivity contribution in [2.75, 3.05) is 6.54 Å². The highest BCUT2D eigenvalue weighted by Gasteiger charge is 2.17. The summed E-state index contributed by atoms with van der Waals surface area (Å²) in [7, 11) is 0. The third-order valence-electron chi connectivity index (χ3n) is 2.83. The summed E-state index contributed by atoms with van der Waals surface area (Å²) < 4.78 is 1.54. The minimum atomic E-state index is -0.451. The normalized spacial score (nSPS) is 10.7. The Bertz CT molecular complexity index is 614. The predicted molar refractivity (Wildman–Crippen MR) is 74.6 cm³/mol. The smallest absolute Gasteiger partial charge is 0.275 e. The van der Waals surface area contributed by atoms with Gasteiger partial charge >= 0.3 is 0 Å². The van der Waals surface area contributed by atoms with E-state index in [2.05, 4.69) is 10.3 Å². The number of aromatic nitrogens is 3. The maximum absolute atomic E-state index is 11.0. The number of nitrogens with two attached hydrogens (primary N) is 1. The maximum Gasteiger partial charge on any atom is 0.275 e. The highest BCUT2D eigenvalue weighted by molar-refractivity contribution is 6.31. The Morgan fingerprint density at radius 3 is 2.95 bits per heavy atom. The highest BCUT2D eigenvalue weighted by Crippen LogP contribution is 2.26. The number of aryl methyl sites for hydroxylation is 1. The minimum Gasteiger partial charge on any atom is -0.330 e. The maximum atomic E-state index is 11.0. The van der Waals surface area contributed by atoms with Gasteiger partial charge in [0.2, 0.25) is 0 Å². The Kier molecular flexibility index (Phi) is 4.65. The van der Waals surface area contributed by atoms with Gasteiger partial charge in [-0.1, -0.05) is 22.9 Å². The van der Waals surface area contributed by atoms with Crippen molar-refractivity contribution in [1.29, 1.82) is 0 Å². The van der Waals surface area contributed by atoms with Crippen LogP contribution in [0.2, 0.25) is 5.02 Å². The van der Waals surface area contributed by atoms with E-state index in [1.54, 1.807) is 23.0 Å². The van der Waals surface area contributed by atoms with Gasteiger partial charge in [-0.25, -0.2) is 4.68 Å². The first-order chi connectivity index (χ1) is 9.61. The molecule has 0 aliphatic rings. The Morgan fingerprint density at radius 1 is 1.45 bits per heavy atom. The van der Waals surface area contributed by atoms with Gasteiger partial charge in [-0.2, -0.15) is 0 Å². The van der Waals surface area contributed by atoms with Gasteiger partial charge in [-0.05, 0) is 25.5 Å². The molecule has 1 aromatic carbocycles. The molecule has 8 heteroatoms. The zero-order valence-corrected chi connectivity index (χ0v) is 11.5. The van der Waals surface area contributed by atoms with Crippen molar-refractivity contribution in [3.63, 3.8) is 0 Å². The Morgan fingerprint density at radius 2 is 2.25 bits per heavy atom. The van der Waals surface area contributed by atoms with Crippen molar-refractivity contribution in [2.45, 2.75) is 19.4 Å². The van der Waals surface area contributed by atoms with Gasteiger partial charge in [0.05, 0.1) is 27.7 Å². The summed E-state index contributed by atoms with van der Waals surface area (Å²) in [6.07, 6.45) is 3.31. The molecule has 2 rings (SSSR count). The van der Waals surface area contributed by atoms with E-state index < -0.39 is 4.92 Å². The Hall–Kier alpha value is -1.99. The van der Waals surface area contributed by atoms with E-state index in [1.807, 2.05) is 0 Å². The van der Waals surface area contributed by atoms with Crippen molar-refractivity contribution in [3.05, 3.63) is 50.8 Å². The quantitative estimate of drug-likeness (QED) is 0.647. The molecule has 106 valence electrons. The van der Waals surface area contributed by atoms with E-state index in [4.69, 9.17) is 17.3 Å². The molecule has 2 aromatic rings. The van der Waals surface area contributed by atoms with Crippen LogP contribution in [0.1, 0.15) is 17.7 Å². The number of nitro groups is 1. The molecule has 7 nitrogen and oxygen atoms in total. The average Bonchev–Trinajstić information content (AvgIpc) is 2.86. The van der Waals surface area contributed by atoms with E-state index in [1.165, 1.54) is 6.07 Å². The first kappa shape index (κ1) is 14.4. The molecule has 0 aliphatic heterocycles. The second kappa shape index (κ2) is 6.44. The molecule has 2 N–H and O–H groups in total. The number of nitrogens with zero attached hydrogens (tertiary/aromatic N) is 4. The van der Waals surface area contributed by atoms with Gasteiger partial charge in [-0.3, -0.25) is 10.1 Å². The fraction of sp³-hybridized carbons (Fsp3) is 0.333. The van der Waals surface area contributed by atoms with Crippen LogP contribution in [0.4, 0.5) is 5.69 Å². The van der Waals surface area contributed by atoms with Crippen LogP contribution in [-0.2, 0) is 13.0 Å². The predicted octanol–water partition coefficient (Wildman–Crippen LogP) is 1.78. The molecule has 0 saturated heterocycles. The third-order valence-corrected chi connectivity index (χ3v) is 3.19. The molecule has 0 aliphatic carbocycles. The van der Waals surface area contributed by atoms with Crippen molar-refractivity contribution >= 4 is 17.3 Å². The molecule has 0 amide bonds. The molecule has 0 saturated carbocycles. The average molecular weight is 296 g/mol. The standard InChI is InChI=1S/C12H14ClN5O2/c13-11-4-1-5-12(18(19)20)10(11)8-17-7-9(15-16-17)3-2-6-14/h1,4-5,7H,2-3,6,8,14H2. The first-order valence-corrected chi connectivity index (χ1v) is 6.50. The second-order valence-electron chi connectivity index (χ2n) is 4.29. The number of rotatable bonds is 6. The van der Waals surface area contributed by atoms with Gasteiger partial charge in [0.1, 0.15) is 0 Å². The van der Waals surface area contributed by atoms with E-state index in [9.17, 15) is 10.1 Å². The van der Waals surface area contributed by atoms with Crippen LogP contribution in [0.25, 0.3) is 0 Å². The summed E-state index contributed by atoms with van der Waals surface area (Å²) in [5.74, 6) is 0. The van der Waals surface area contributed by atoms with Gasteiger partial charge in [0.25, 0.3) is 5.69 Å². The van der Waals surface area contributed by atoms with Crippen molar-refractivity contribution < 1.29 is 4.92 Å². The molecule has 0 spiro atoms. The summed E-state index contributed by atoms with van der Waals surface area (Å²) in [5, 5.41) is 19.3. The lowest BCUT2D eigenvalue weighted by atomic mass is 10.2. The minimum absolute atomic E-state index is 0.0171. The molecule has 1 heterocycles. The first-order valence-electron chi connectivity index (χ1n) is 6.12. The summed E-state index contributed by atoms with van der Waals surface area (Å²) in [4.78, 5) is 10.5. The van der Waals surface area contributed by atoms with Gasteiger partial charge in [0.15, 0.2) is 0 Å². The molecule has 20 heavy (non-hydrogen) atoms. The Balaban J connectivity index is 2.21. The topological polar surface area (TPSA) is 99.9 Å². The number of benzene rings is 1. The summed E-state index contributed by atoms with van der Waals surface area (Å²) in [5.41, 5.74) is 6.65. The van der Waals surface area contributed by atoms with E-state index in [-0.39, 0.29) is 12.2 Å². The molecule has 0 bridgehead atoms.